The van der Waals surface area contributed by atoms with Gasteiger partial charge in [0.05, 0.1) is 17.4 Å². The van der Waals surface area contributed by atoms with Crippen LogP contribution in [0.1, 0.15) is 62.3 Å². The first-order valence-electron chi connectivity index (χ1n) is 17.2. The largest absolute Gasteiger partial charge is 0.573 e. The van der Waals surface area contributed by atoms with E-state index in [4.69, 9.17) is 17.2 Å². The van der Waals surface area contributed by atoms with Crippen molar-refractivity contribution < 1.29 is 22.3 Å². The predicted octanol–water partition coefficient (Wildman–Crippen LogP) is 6.40. The smallest absolute Gasteiger partial charge is 0.403 e. The van der Waals surface area contributed by atoms with E-state index in [2.05, 4.69) is 37.1 Å². The molecule has 0 aliphatic heterocycles. The highest BCUT2D eigenvalue weighted by Crippen LogP contribution is 2.35. The Morgan fingerprint density at radius 1 is 0.981 bits per heavy atom. The van der Waals surface area contributed by atoms with E-state index >= 15 is 4.39 Å². The van der Waals surface area contributed by atoms with Gasteiger partial charge in [-0.2, -0.15) is 4.98 Å². The van der Waals surface area contributed by atoms with Crippen LogP contribution in [0.4, 0.5) is 17.6 Å². The first-order chi connectivity index (χ1) is 24.8. The number of H-pyrrole nitrogens is 1. The second kappa shape index (κ2) is 16.9. The molecule has 2 heterocycles. The number of ether oxygens (including phenoxy) is 1. The molecule has 0 spiro atoms. The van der Waals surface area contributed by atoms with E-state index in [-0.39, 0.29) is 41.0 Å². The normalized spacial score (nSPS) is 13.5. The molecule has 0 amide bonds. The van der Waals surface area contributed by atoms with Gasteiger partial charge in [-0.15, -0.1) is 13.2 Å². The van der Waals surface area contributed by atoms with Crippen LogP contribution in [0.2, 0.25) is 0 Å². The highest BCUT2D eigenvalue weighted by molar-refractivity contribution is 5.83. The van der Waals surface area contributed by atoms with Gasteiger partial charge in [0.25, 0.3) is 0 Å². The average molecular weight is 721 g/mol. The van der Waals surface area contributed by atoms with Crippen LogP contribution in [0.15, 0.2) is 88.8 Å². The van der Waals surface area contributed by atoms with E-state index in [1.807, 2.05) is 44.2 Å². The zero-order valence-electron chi connectivity index (χ0n) is 29.1. The number of halogens is 4. The van der Waals surface area contributed by atoms with E-state index in [1.54, 1.807) is 18.3 Å². The van der Waals surface area contributed by atoms with Crippen molar-refractivity contribution in [2.24, 2.45) is 22.2 Å². The molecule has 276 valence electrons. The van der Waals surface area contributed by atoms with Gasteiger partial charge >= 0.3 is 12.1 Å². The average Bonchev–Trinajstić information content (AvgIpc) is 3.50. The summed E-state index contributed by atoms with van der Waals surface area (Å²) in [5, 5.41) is 3.97. The van der Waals surface area contributed by atoms with Crippen LogP contribution in [-0.4, -0.2) is 45.5 Å². The molecule has 52 heavy (non-hydrogen) atoms. The zero-order valence-corrected chi connectivity index (χ0v) is 29.1. The third-order valence-electron chi connectivity index (χ3n) is 8.79. The van der Waals surface area contributed by atoms with Crippen LogP contribution in [-0.2, 0) is 12.8 Å². The van der Waals surface area contributed by atoms with Crippen LogP contribution >= 0.6 is 0 Å². The second-order valence-electron chi connectivity index (χ2n) is 13.0. The highest BCUT2D eigenvalue weighted by Gasteiger charge is 2.33. The van der Waals surface area contributed by atoms with Crippen LogP contribution < -0.4 is 32.9 Å². The Balaban J connectivity index is 1.30. The summed E-state index contributed by atoms with van der Waals surface area (Å²) in [5.74, 6) is -2.06. The standard InChI is InChI=1S/C38H44F4N8O2/c1-23(43)7-6-10-26-19-31(34(39)33(20-26)52-38(40,41)42)32-21-28-22-50(37(51)49-35(28)48-32)30-15-12-27(13-16-30)24(2)46-18-17-29(47-36(44)45)14-11-25-8-4-3-5-9-25/h3-5,8-9,12-13,15-16,19-24,29,46H,6-7,10-11,14,17-18,43H2,1-2H3,(H4,44,45,47)(H,48,49,51)/t23-,24-,29+/m0/s1. The summed E-state index contributed by atoms with van der Waals surface area (Å²) in [6.45, 7) is 4.54. The van der Waals surface area contributed by atoms with Gasteiger partial charge in [0, 0.05) is 29.2 Å². The molecule has 8 N–H and O–H groups in total. The fraction of sp³-hybridized carbons (Fsp3) is 0.342. The molecule has 0 aliphatic carbocycles. The number of nitrogens with two attached hydrogens (primary N) is 3. The Morgan fingerprint density at radius 2 is 1.71 bits per heavy atom. The second-order valence-corrected chi connectivity index (χ2v) is 13.0. The molecule has 0 unspecified atom stereocenters. The molecule has 2 aromatic heterocycles. The number of fused-ring (bicyclic) bond motifs is 1. The summed E-state index contributed by atoms with van der Waals surface area (Å²) < 4.78 is 60.3. The molecule has 14 heteroatoms. The van der Waals surface area contributed by atoms with Gasteiger partial charge in [-0.25, -0.2) is 9.18 Å². The van der Waals surface area contributed by atoms with E-state index in [1.165, 1.54) is 22.3 Å². The van der Waals surface area contributed by atoms with Crippen molar-refractivity contribution in [1.82, 2.24) is 19.9 Å². The minimum atomic E-state index is -5.09. The fourth-order valence-electron chi connectivity index (χ4n) is 6.12. The molecule has 10 nitrogen and oxygen atoms in total. The number of rotatable bonds is 16. The van der Waals surface area contributed by atoms with Crippen LogP contribution in [0.25, 0.3) is 28.0 Å². The van der Waals surface area contributed by atoms with Gasteiger partial charge in [0.2, 0.25) is 0 Å². The summed E-state index contributed by atoms with van der Waals surface area (Å²) in [5.41, 5.74) is 20.0. The van der Waals surface area contributed by atoms with Crippen molar-refractivity contribution >= 4 is 17.0 Å². The fourth-order valence-corrected chi connectivity index (χ4v) is 6.12. The maximum absolute atomic E-state index is 15.5. The maximum Gasteiger partial charge on any atom is 0.573 e. The number of nitrogens with zero attached hydrogens (tertiary/aromatic N) is 3. The number of hydrogen-bond donors (Lipinski definition) is 5. The Bertz CT molecular complexity index is 2020. The first kappa shape index (κ1) is 38.0. The predicted molar refractivity (Wildman–Crippen MR) is 196 cm³/mol. The minimum absolute atomic E-state index is 0.0110. The van der Waals surface area contributed by atoms with Crippen LogP contribution in [0, 0.1) is 5.82 Å². The van der Waals surface area contributed by atoms with Crippen molar-refractivity contribution in [3.8, 4) is 22.7 Å². The highest BCUT2D eigenvalue weighted by atomic mass is 19.4. The summed E-state index contributed by atoms with van der Waals surface area (Å²) in [6, 6.07) is 21.5. The lowest BCUT2D eigenvalue weighted by Crippen LogP contribution is -2.28. The molecule has 0 fully saturated rings. The molecule has 5 rings (SSSR count). The first-order valence-corrected chi connectivity index (χ1v) is 17.2. The summed E-state index contributed by atoms with van der Waals surface area (Å²) >= 11 is 0. The lowest BCUT2D eigenvalue weighted by molar-refractivity contribution is -0.275. The Hall–Kier alpha value is -5.21. The Morgan fingerprint density at radius 3 is 2.38 bits per heavy atom. The number of aliphatic imine (C=N–C) groups is 1. The van der Waals surface area contributed by atoms with Crippen LogP contribution in [0.5, 0.6) is 5.75 Å². The lowest BCUT2D eigenvalue weighted by Gasteiger charge is -2.18. The van der Waals surface area contributed by atoms with Gasteiger partial charge in [0.1, 0.15) is 5.65 Å². The van der Waals surface area contributed by atoms with Crippen molar-refractivity contribution in [3.05, 3.63) is 112 Å². The number of benzene rings is 3. The van der Waals surface area contributed by atoms with Crippen LogP contribution in [0.3, 0.4) is 0 Å². The lowest BCUT2D eigenvalue weighted by atomic mass is 10.0. The number of nitrogens with one attached hydrogen (secondary N) is 2. The van der Waals surface area contributed by atoms with Crippen molar-refractivity contribution in [2.75, 3.05) is 6.54 Å². The monoisotopic (exact) mass is 720 g/mol. The number of aromatic amines is 1. The third-order valence-corrected chi connectivity index (χ3v) is 8.79. The number of aromatic nitrogens is 3. The molecule has 0 radical (unpaired) electrons. The van der Waals surface area contributed by atoms with Crippen molar-refractivity contribution in [2.45, 2.75) is 76.9 Å². The molecule has 0 bridgehead atoms. The molecular weight excluding hydrogens is 676 g/mol. The van der Waals surface area contributed by atoms with E-state index in [0.29, 0.717) is 42.4 Å². The molecule has 0 saturated carbocycles. The molecule has 5 aromatic rings. The molecule has 3 aromatic carbocycles. The van der Waals surface area contributed by atoms with E-state index in [9.17, 15) is 18.0 Å². The van der Waals surface area contributed by atoms with E-state index in [0.717, 1.165) is 30.9 Å². The number of guanidine groups is 1. The molecular formula is C38H44F4N8O2. The summed E-state index contributed by atoms with van der Waals surface area (Å²) in [4.78, 5) is 24.5. The zero-order chi connectivity index (χ0) is 37.4. The summed E-state index contributed by atoms with van der Waals surface area (Å²) in [6.07, 6.45) is 0.471. The van der Waals surface area contributed by atoms with Gasteiger partial charge in [0.15, 0.2) is 17.5 Å². The Kier molecular flexibility index (Phi) is 12.3. The van der Waals surface area contributed by atoms with Crippen molar-refractivity contribution in [3.63, 3.8) is 0 Å². The number of alkyl halides is 3. The number of aryl methyl sites for hydroxylation is 2. The third kappa shape index (κ3) is 10.4. The Labute approximate surface area is 299 Å². The quantitative estimate of drug-likeness (QED) is 0.0447. The van der Waals surface area contributed by atoms with Gasteiger partial charge in [-0.1, -0.05) is 42.5 Å². The number of hydrogen-bond acceptors (Lipinski definition) is 6. The molecule has 0 saturated heterocycles. The topological polar surface area (TPSA) is 162 Å². The van der Waals surface area contributed by atoms with Gasteiger partial charge < -0.3 is 32.2 Å². The van der Waals surface area contributed by atoms with Gasteiger partial charge in [-0.05, 0) is 106 Å². The molecule has 0 aliphatic rings. The minimum Gasteiger partial charge on any atom is -0.403 e. The van der Waals surface area contributed by atoms with Gasteiger partial charge in [-0.3, -0.25) is 9.56 Å². The van der Waals surface area contributed by atoms with E-state index < -0.39 is 23.6 Å². The summed E-state index contributed by atoms with van der Waals surface area (Å²) in [7, 11) is 0. The van der Waals surface area contributed by atoms with Crippen molar-refractivity contribution in [1.29, 1.82) is 0 Å². The SMILES string of the molecule is C[C@H](N)CCCc1cc(OC(F)(F)F)c(F)c(-c2cc3cn(-c4ccc([C@H](C)NCC[C@@H](CCc5ccccc5)N=C(N)N)cc4)c(=O)nc3[nH]2)c1. The maximum atomic E-state index is 15.5. The molecule has 3 atom stereocenters.